The number of amides is 1. The largest absolute Gasteiger partial charge is 0.496 e. The number of sulfonamides is 1. The molecule has 1 aliphatic carbocycles. The van der Waals surface area contributed by atoms with Crippen molar-refractivity contribution in [3.8, 4) is 5.75 Å². The van der Waals surface area contributed by atoms with E-state index in [1.807, 2.05) is 40.1 Å². The topological polar surface area (TPSA) is 91.0 Å². The normalized spacial score (nSPS) is 16.7. The quantitative estimate of drug-likeness (QED) is 0.262. The Morgan fingerprint density at radius 3 is 2.32 bits per heavy atom. The summed E-state index contributed by atoms with van der Waals surface area (Å²) in [4.78, 5) is 17.3. The number of hydrogen-bond acceptors (Lipinski definition) is 6. The van der Waals surface area contributed by atoms with Gasteiger partial charge in [-0.2, -0.15) is 0 Å². The van der Waals surface area contributed by atoms with Crippen LogP contribution in [0.1, 0.15) is 40.4 Å². The number of piperazine rings is 1. The van der Waals surface area contributed by atoms with E-state index in [9.17, 15) is 17.6 Å². The maximum atomic E-state index is 14.5. The minimum Gasteiger partial charge on any atom is -0.496 e. The first kappa shape index (κ1) is 29.7. The molecule has 2 N–H and O–H groups in total. The van der Waals surface area contributed by atoms with Crippen molar-refractivity contribution in [1.82, 2.24) is 4.72 Å². The molecule has 1 atom stereocenters. The maximum absolute atomic E-state index is 14.5. The number of hydrogen-bond donors (Lipinski definition) is 2. The van der Waals surface area contributed by atoms with Crippen LogP contribution in [0.5, 0.6) is 5.75 Å². The molecule has 0 spiro atoms. The number of aryl methyl sites for hydroxylation is 1. The highest BCUT2D eigenvalue weighted by atomic mass is 32.2. The van der Waals surface area contributed by atoms with Gasteiger partial charge < -0.3 is 19.9 Å². The fourth-order valence-electron chi connectivity index (χ4n) is 6.12. The van der Waals surface area contributed by atoms with E-state index in [4.69, 9.17) is 4.74 Å². The highest BCUT2D eigenvalue weighted by Gasteiger charge is 2.30. The lowest BCUT2D eigenvalue weighted by atomic mass is 9.88. The first-order valence-electron chi connectivity index (χ1n) is 14.8. The molecule has 1 unspecified atom stereocenters. The van der Waals surface area contributed by atoms with Crippen LogP contribution in [0.15, 0.2) is 95.9 Å². The summed E-state index contributed by atoms with van der Waals surface area (Å²) in [5, 5.41) is 2.85. The van der Waals surface area contributed by atoms with Crippen molar-refractivity contribution >= 4 is 33.0 Å². The number of ether oxygens (including phenoxy) is 1. The Bertz CT molecular complexity index is 1770. The molecule has 0 bridgehead atoms. The number of nitrogens with one attached hydrogen (secondary N) is 2. The van der Waals surface area contributed by atoms with E-state index in [1.54, 1.807) is 48.5 Å². The average Bonchev–Trinajstić information content (AvgIpc) is 3.05. The number of carbonyl (C=O) groups is 1. The van der Waals surface area contributed by atoms with E-state index in [1.165, 1.54) is 19.2 Å². The molecule has 4 aromatic carbocycles. The number of fused-ring (bicyclic) bond motifs is 1. The lowest BCUT2D eigenvalue weighted by Gasteiger charge is -2.38. The van der Waals surface area contributed by atoms with E-state index in [0.717, 1.165) is 24.0 Å². The second-order valence-electron chi connectivity index (χ2n) is 11.0. The summed E-state index contributed by atoms with van der Waals surface area (Å²) >= 11 is 0. The third-order valence-electron chi connectivity index (χ3n) is 8.34. The highest BCUT2D eigenvalue weighted by molar-refractivity contribution is 7.89. The number of methoxy groups -OCH3 is 1. The zero-order valence-corrected chi connectivity index (χ0v) is 25.3. The fraction of sp³-hybridized carbons (Fsp3) is 0.265. The van der Waals surface area contributed by atoms with Crippen molar-refractivity contribution in [2.45, 2.75) is 30.2 Å². The number of nitrogens with zero attached hydrogens (tertiary/aromatic N) is 2. The summed E-state index contributed by atoms with van der Waals surface area (Å²) in [6.07, 6.45) is 2.48. The second kappa shape index (κ2) is 12.7. The van der Waals surface area contributed by atoms with Crippen molar-refractivity contribution in [3.63, 3.8) is 0 Å². The Labute approximate surface area is 257 Å². The molecule has 228 valence electrons. The van der Waals surface area contributed by atoms with Crippen LogP contribution < -0.4 is 24.6 Å². The molecule has 1 aliphatic heterocycles. The molecular weight excluding hydrogens is 579 g/mol. The summed E-state index contributed by atoms with van der Waals surface area (Å²) in [6, 6.07) is 26.1. The van der Waals surface area contributed by atoms with Gasteiger partial charge in [-0.15, -0.1) is 0 Å². The van der Waals surface area contributed by atoms with Gasteiger partial charge in [0.05, 0.1) is 24.0 Å². The van der Waals surface area contributed by atoms with Gasteiger partial charge in [0, 0.05) is 37.9 Å². The molecule has 1 saturated heterocycles. The Morgan fingerprint density at radius 2 is 1.55 bits per heavy atom. The number of para-hydroxylation sites is 2. The lowest BCUT2D eigenvalue weighted by molar-refractivity contribution is 0.102. The molecule has 8 nitrogen and oxygen atoms in total. The van der Waals surface area contributed by atoms with Crippen LogP contribution >= 0.6 is 0 Å². The zero-order chi connectivity index (χ0) is 30.7. The van der Waals surface area contributed by atoms with E-state index in [0.29, 0.717) is 61.0 Å². The number of carbonyl (C=O) groups excluding carboxylic acids is 1. The van der Waals surface area contributed by atoms with Gasteiger partial charge >= 0.3 is 0 Å². The smallest absolute Gasteiger partial charge is 0.259 e. The van der Waals surface area contributed by atoms with Crippen molar-refractivity contribution in [3.05, 3.63) is 114 Å². The van der Waals surface area contributed by atoms with E-state index in [2.05, 4.69) is 10.0 Å². The van der Waals surface area contributed by atoms with Crippen LogP contribution in [0.2, 0.25) is 0 Å². The van der Waals surface area contributed by atoms with Gasteiger partial charge in [0.1, 0.15) is 16.5 Å². The molecule has 4 aromatic rings. The van der Waals surface area contributed by atoms with Crippen LogP contribution in [-0.2, 0) is 16.4 Å². The van der Waals surface area contributed by atoms with Gasteiger partial charge in [-0.3, -0.25) is 4.79 Å². The van der Waals surface area contributed by atoms with E-state index in [-0.39, 0.29) is 16.8 Å². The SMILES string of the molecule is COc1ccccc1C(=O)Nc1ccc(N2CCN(c3ccccc3F)CC2)c(S(=O)(=O)NC2CCCc3ccccc32)c1. The van der Waals surface area contributed by atoms with Gasteiger partial charge in [-0.25, -0.2) is 17.5 Å². The van der Waals surface area contributed by atoms with Crippen molar-refractivity contribution < 1.29 is 22.3 Å². The summed E-state index contributed by atoms with van der Waals surface area (Å²) in [7, 11) is -2.54. The maximum Gasteiger partial charge on any atom is 0.259 e. The summed E-state index contributed by atoms with van der Waals surface area (Å²) < 4.78 is 51.2. The molecule has 44 heavy (non-hydrogen) atoms. The van der Waals surface area contributed by atoms with Crippen LogP contribution in [0.4, 0.5) is 21.5 Å². The average molecular weight is 615 g/mol. The summed E-state index contributed by atoms with van der Waals surface area (Å²) in [6.45, 7) is 2.04. The minimum absolute atomic E-state index is 0.0812. The van der Waals surface area contributed by atoms with Crippen LogP contribution in [0.3, 0.4) is 0 Å². The Morgan fingerprint density at radius 1 is 0.864 bits per heavy atom. The monoisotopic (exact) mass is 614 g/mol. The summed E-state index contributed by atoms with van der Waals surface area (Å²) in [5.74, 6) is -0.276. The second-order valence-corrected chi connectivity index (χ2v) is 12.7. The van der Waals surface area contributed by atoms with E-state index < -0.39 is 15.9 Å². The molecular formula is C34H35FN4O4S. The predicted octanol–water partition coefficient (Wildman–Crippen LogP) is 5.77. The molecule has 0 radical (unpaired) electrons. The van der Waals surface area contributed by atoms with Gasteiger partial charge in [-0.05, 0) is 72.9 Å². The molecule has 1 heterocycles. The molecule has 1 amide bonds. The third-order valence-corrected chi connectivity index (χ3v) is 9.84. The van der Waals surface area contributed by atoms with Gasteiger partial charge in [0.2, 0.25) is 10.0 Å². The first-order chi connectivity index (χ1) is 21.3. The Balaban J connectivity index is 1.31. The molecule has 10 heteroatoms. The van der Waals surface area contributed by atoms with Crippen LogP contribution in [0.25, 0.3) is 0 Å². The number of benzene rings is 4. The number of anilines is 3. The number of rotatable bonds is 8. The van der Waals surface area contributed by atoms with Gasteiger partial charge in [-0.1, -0.05) is 48.5 Å². The minimum atomic E-state index is -4.03. The fourth-order valence-corrected chi connectivity index (χ4v) is 7.62. The Hall–Kier alpha value is -4.41. The zero-order valence-electron chi connectivity index (χ0n) is 24.5. The van der Waals surface area contributed by atoms with Crippen LogP contribution in [0, 0.1) is 5.82 Å². The molecule has 0 saturated carbocycles. The molecule has 0 aromatic heterocycles. The van der Waals surface area contributed by atoms with Crippen LogP contribution in [-0.4, -0.2) is 47.6 Å². The first-order valence-corrected chi connectivity index (χ1v) is 16.3. The van der Waals surface area contributed by atoms with Crippen molar-refractivity contribution in [2.75, 3.05) is 48.4 Å². The van der Waals surface area contributed by atoms with E-state index >= 15 is 0 Å². The Kier molecular flexibility index (Phi) is 8.54. The third kappa shape index (κ3) is 6.13. The van der Waals surface area contributed by atoms with Gasteiger partial charge in [0.25, 0.3) is 5.91 Å². The summed E-state index contributed by atoms with van der Waals surface area (Å²) in [5.41, 5.74) is 3.89. The number of halogens is 1. The highest BCUT2D eigenvalue weighted by Crippen LogP contribution is 2.35. The lowest BCUT2D eigenvalue weighted by Crippen LogP contribution is -2.47. The standard InChI is InChI=1S/C34H35FN4O4S/c1-43-32-16-7-4-12-27(32)34(40)36-25-17-18-31(39-21-19-38(20-22-39)30-15-6-5-13-28(30)35)33(23-25)44(41,42)37-29-14-8-10-24-9-2-3-11-26(24)29/h2-7,9,11-13,15-18,23,29,37H,8,10,14,19-22H2,1H3,(H,36,40). The van der Waals surface area contributed by atoms with Gasteiger partial charge in [0.15, 0.2) is 0 Å². The molecule has 1 fully saturated rings. The predicted molar refractivity (Wildman–Crippen MR) is 171 cm³/mol. The molecule has 6 rings (SSSR count). The molecule has 2 aliphatic rings. The van der Waals surface area contributed by atoms with Crippen molar-refractivity contribution in [1.29, 1.82) is 0 Å². The van der Waals surface area contributed by atoms with Crippen molar-refractivity contribution in [2.24, 2.45) is 0 Å².